The van der Waals surface area contributed by atoms with Gasteiger partial charge in [-0.1, -0.05) is 31.4 Å². The normalized spacial score (nSPS) is 14.8. The number of methoxy groups -OCH3 is 1. The topological polar surface area (TPSA) is 70.3 Å². The molecule has 0 bridgehead atoms. The molecule has 2 aromatic carbocycles. The Balaban J connectivity index is 1.81. The summed E-state index contributed by atoms with van der Waals surface area (Å²) in [4.78, 5) is 39.3. The van der Waals surface area contributed by atoms with Crippen LogP contribution in [0.1, 0.15) is 48.5 Å². The Morgan fingerprint density at radius 1 is 1.00 bits per heavy atom. The third-order valence-corrected chi connectivity index (χ3v) is 5.73. The highest BCUT2D eigenvalue weighted by Crippen LogP contribution is 2.26. The van der Waals surface area contributed by atoms with Crippen molar-refractivity contribution in [3.63, 3.8) is 0 Å². The SMILES string of the molecule is COc1ccc(C(=O)Cn2c(=O)n(C3CCCCC3)c(=O)c3ccccc32)cc1. The Labute approximate surface area is 168 Å². The van der Waals surface area contributed by atoms with Gasteiger partial charge in [0.2, 0.25) is 0 Å². The van der Waals surface area contributed by atoms with Crippen LogP contribution in [0.4, 0.5) is 0 Å². The number of carbonyl (C=O) groups excluding carboxylic acids is 1. The van der Waals surface area contributed by atoms with Crippen LogP contribution < -0.4 is 16.0 Å². The predicted octanol–water partition coefficient (Wildman–Crippen LogP) is 3.56. The van der Waals surface area contributed by atoms with Crippen LogP contribution in [0.2, 0.25) is 0 Å². The number of benzene rings is 2. The standard InChI is InChI=1S/C23H24N2O4/c1-29-18-13-11-16(12-14-18)21(26)15-24-20-10-6-5-9-19(20)22(27)25(23(24)28)17-7-3-2-4-8-17/h5-6,9-14,17H,2-4,7-8,15H2,1H3. The molecular weight excluding hydrogens is 368 g/mol. The molecule has 0 aliphatic heterocycles. The van der Waals surface area contributed by atoms with Gasteiger partial charge in [0, 0.05) is 11.6 Å². The molecule has 29 heavy (non-hydrogen) atoms. The zero-order valence-corrected chi connectivity index (χ0v) is 16.5. The maximum absolute atomic E-state index is 13.3. The summed E-state index contributed by atoms with van der Waals surface area (Å²) in [6.45, 7) is -0.112. The molecule has 0 radical (unpaired) electrons. The third kappa shape index (κ3) is 3.62. The minimum atomic E-state index is -0.400. The van der Waals surface area contributed by atoms with Gasteiger partial charge in [-0.15, -0.1) is 0 Å². The largest absolute Gasteiger partial charge is 0.497 e. The molecule has 0 amide bonds. The highest BCUT2D eigenvalue weighted by Gasteiger charge is 2.23. The summed E-state index contributed by atoms with van der Waals surface area (Å²) < 4.78 is 7.96. The van der Waals surface area contributed by atoms with E-state index in [2.05, 4.69) is 0 Å². The monoisotopic (exact) mass is 392 g/mol. The molecule has 0 unspecified atom stereocenters. The molecule has 0 N–H and O–H groups in total. The lowest BCUT2D eigenvalue weighted by Crippen LogP contribution is -2.43. The Morgan fingerprint density at radius 2 is 1.69 bits per heavy atom. The van der Waals surface area contributed by atoms with Gasteiger partial charge in [-0.3, -0.25) is 18.7 Å². The van der Waals surface area contributed by atoms with E-state index in [1.54, 1.807) is 55.6 Å². The maximum atomic E-state index is 13.3. The van der Waals surface area contributed by atoms with Crippen molar-refractivity contribution < 1.29 is 9.53 Å². The van der Waals surface area contributed by atoms with Crippen LogP contribution in [0, 0.1) is 0 Å². The highest BCUT2D eigenvalue weighted by molar-refractivity contribution is 5.96. The quantitative estimate of drug-likeness (QED) is 0.623. The zero-order chi connectivity index (χ0) is 20.4. The lowest BCUT2D eigenvalue weighted by Gasteiger charge is -2.24. The van der Waals surface area contributed by atoms with Crippen molar-refractivity contribution in [1.29, 1.82) is 0 Å². The Bertz CT molecular complexity index is 1150. The number of ether oxygens (including phenoxy) is 1. The molecule has 0 atom stereocenters. The smallest absolute Gasteiger partial charge is 0.332 e. The van der Waals surface area contributed by atoms with Gasteiger partial charge in [0.1, 0.15) is 5.75 Å². The first kappa shape index (κ1) is 19.2. The van der Waals surface area contributed by atoms with Gasteiger partial charge in [0.25, 0.3) is 5.56 Å². The molecule has 1 saturated carbocycles. The van der Waals surface area contributed by atoms with Gasteiger partial charge < -0.3 is 4.74 Å². The Morgan fingerprint density at radius 3 is 2.38 bits per heavy atom. The van der Waals surface area contributed by atoms with Gasteiger partial charge in [0.15, 0.2) is 5.78 Å². The van der Waals surface area contributed by atoms with Crippen molar-refractivity contribution in [1.82, 2.24) is 9.13 Å². The molecule has 1 aliphatic rings. The fraction of sp³-hybridized carbons (Fsp3) is 0.348. The first-order valence-corrected chi connectivity index (χ1v) is 10.0. The van der Waals surface area contributed by atoms with Crippen molar-refractivity contribution in [3.8, 4) is 5.75 Å². The fourth-order valence-corrected chi connectivity index (χ4v) is 4.17. The van der Waals surface area contributed by atoms with Crippen LogP contribution in [0.3, 0.4) is 0 Å². The van der Waals surface area contributed by atoms with Crippen LogP contribution >= 0.6 is 0 Å². The molecule has 0 spiro atoms. The van der Waals surface area contributed by atoms with Gasteiger partial charge in [-0.2, -0.15) is 0 Å². The number of rotatable bonds is 5. The van der Waals surface area contributed by atoms with Crippen molar-refractivity contribution in [2.45, 2.75) is 44.7 Å². The molecule has 1 aromatic heterocycles. The van der Waals surface area contributed by atoms with Gasteiger partial charge in [-0.05, 0) is 49.2 Å². The summed E-state index contributed by atoms with van der Waals surface area (Å²) in [5, 5.41) is 0.472. The summed E-state index contributed by atoms with van der Waals surface area (Å²) in [5.41, 5.74) is 0.335. The summed E-state index contributed by atoms with van der Waals surface area (Å²) in [5.74, 6) is 0.476. The number of fused-ring (bicyclic) bond motifs is 1. The van der Waals surface area contributed by atoms with E-state index in [0.29, 0.717) is 22.2 Å². The van der Waals surface area contributed by atoms with Crippen molar-refractivity contribution in [2.75, 3.05) is 7.11 Å². The number of hydrogen-bond acceptors (Lipinski definition) is 4. The first-order valence-electron chi connectivity index (χ1n) is 10.0. The summed E-state index contributed by atoms with van der Waals surface area (Å²) in [6, 6.07) is 13.7. The number of Topliss-reactive ketones (excluding diaryl/α,β-unsaturated/α-hetero) is 1. The second kappa shape index (κ2) is 8.07. The average Bonchev–Trinajstić information content (AvgIpc) is 2.77. The molecule has 1 fully saturated rings. The molecule has 1 aliphatic carbocycles. The molecule has 150 valence electrons. The Hall–Kier alpha value is -3.15. The predicted molar refractivity (Wildman–Crippen MR) is 112 cm³/mol. The van der Waals surface area contributed by atoms with E-state index >= 15 is 0 Å². The average molecular weight is 392 g/mol. The van der Waals surface area contributed by atoms with E-state index in [1.165, 1.54) is 9.13 Å². The molecule has 4 rings (SSSR count). The second-order valence-corrected chi connectivity index (χ2v) is 7.50. The van der Waals surface area contributed by atoms with Crippen molar-refractivity contribution in [2.24, 2.45) is 0 Å². The minimum Gasteiger partial charge on any atom is -0.497 e. The lowest BCUT2D eigenvalue weighted by atomic mass is 9.95. The molecule has 1 heterocycles. The molecule has 0 saturated heterocycles. The van der Waals surface area contributed by atoms with Crippen molar-refractivity contribution in [3.05, 3.63) is 74.9 Å². The summed E-state index contributed by atoms with van der Waals surface area (Å²) in [6.07, 6.45) is 4.78. The highest BCUT2D eigenvalue weighted by atomic mass is 16.5. The van der Waals surface area contributed by atoms with Gasteiger partial charge >= 0.3 is 5.69 Å². The van der Waals surface area contributed by atoms with E-state index < -0.39 is 5.69 Å². The molecule has 6 nitrogen and oxygen atoms in total. The number of carbonyl (C=O) groups is 1. The van der Waals surface area contributed by atoms with Crippen LogP contribution in [-0.4, -0.2) is 22.0 Å². The number of nitrogens with zero attached hydrogens (tertiary/aromatic N) is 2. The summed E-state index contributed by atoms with van der Waals surface area (Å²) in [7, 11) is 1.57. The number of hydrogen-bond donors (Lipinski definition) is 0. The summed E-state index contributed by atoms with van der Waals surface area (Å²) >= 11 is 0. The zero-order valence-electron chi connectivity index (χ0n) is 16.5. The van der Waals surface area contributed by atoms with E-state index in [-0.39, 0.29) is 23.9 Å². The maximum Gasteiger partial charge on any atom is 0.332 e. The van der Waals surface area contributed by atoms with E-state index in [1.807, 2.05) is 0 Å². The van der Waals surface area contributed by atoms with Gasteiger partial charge in [0.05, 0.1) is 24.6 Å². The van der Waals surface area contributed by atoms with E-state index in [9.17, 15) is 14.4 Å². The third-order valence-electron chi connectivity index (χ3n) is 5.73. The number of para-hydroxylation sites is 1. The molecule has 3 aromatic rings. The second-order valence-electron chi connectivity index (χ2n) is 7.50. The van der Waals surface area contributed by atoms with Gasteiger partial charge in [-0.25, -0.2) is 4.79 Å². The number of aromatic nitrogens is 2. The fourth-order valence-electron chi connectivity index (χ4n) is 4.17. The van der Waals surface area contributed by atoms with Crippen LogP contribution in [0.5, 0.6) is 5.75 Å². The van der Waals surface area contributed by atoms with Crippen LogP contribution in [0.15, 0.2) is 58.1 Å². The minimum absolute atomic E-state index is 0.101. The van der Waals surface area contributed by atoms with E-state index in [4.69, 9.17) is 4.74 Å². The molecular formula is C23H24N2O4. The first-order chi connectivity index (χ1) is 14.1. The number of ketones is 1. The molecule has 6 heteroatoms. The van der Waals surface area contributed by atoms with Crippen LogP contribution in [-0.2, 0) is 6.54 Å². The Kier molecular flexibility index (Phi) is 5.34. The van der Waals surface area contributed by atoms with Crippen LogP contribution in [0.25, 0.3) is 10.9 Å². The lowest BCUT2D eigenvalue weighted by molar-refractivity contribution is 0.0971. The van der Waals surface area contributed by atoms with E-state index in [0.717, 1.165) is 32.1 Å². The van der Waals surface area contributed by atoms with Crippen molar-refractivity contribution >= 4 is 16.7 Å².